The third-order valence-electron chi connectivity index (χ3n) is 3.00. The van der Waals surface area contributed by atoms with Crippen molar-refractivity contribution in [3.63, 3.8) is 0 Å². The van der Waals surface area contributed by atoms with Gasteiger partial charge in [-0.05, 0) is 48.5 Å². The molecule has 0 N–H and O–H groups in total. The molecule has 0 heterocycles. The normalized spacial score (nSPS) is 8.71. The van der Waals surface area contributed by atoms with Crippen molar-refractivity contribution in [2.24, 2.45) is 0 Å². The summed E-state index contributed by atoms with van der Waals surface area (Å²) in [6.45, 7) is 0. The van der Waals surface area contributed by atoms with Crippen molar-refractivity contribution in [1.82, 2.24) is 0 Å². The molecule has 4 heteroatoms. The largest absolute Gasteiger partial charge is 0.207 e. The molecule has 4 aromatic carbocycles. The Bertz CT molecular complexity index is 690. The third-order valence-corrected chi connectivity index (χ3v) is 3.90. The van der Waals surface area contributed by atoms with Crippen molar-refractivity contribution in [2.45, 2.75) is 14.7 Å². The maximum Gasteiger partial charge on any atom is 0.123 e. The maximum atomic E-state index is 11.9. The minimum Gasteiger partial charge on any atom is -0.207 e. The van der Waals surface area contributed by atoms with E-state index in [1.54, 1.807) is 18.2 Å². The van der Waals surface area contributed by atoms with E-state index in [4.69, 9.17) is 0 Å². The highest BCUT2D eigenvalue weighted by atomic mass is 32.1. The van der Waals surface area contributed by atoms with Gasteiger partial charge in [-0.3, -0.25) is 0 Å². The number of benzene rings is 4. The lowest BCUT2D eigenvalue weighted by atomic mass is 10.4. The Morgan fingerprint density at radius 1 is 0.357 bits per heavy atom. The molecule has 4 rings (SSSR count). The molecule has 0 radical (unpaired) electrons. The van der Waals surface area contributed by atoms with Gasteiger partial charge in [-0.25, -0.2) is 4.39 Å². The fraction of sp³-hybridized carbons (Fsp3) is 0. The second-order valence-electron chi connectivity index (χ2n) is 5.30. The van der Waals surface area contributed by atoms with Crippen molar-refractivity contribution in [3.05, 3.63) is 127 Å². The van der Waals surface area contributed by atoms with Crippen LogP contribution >= 0.6 is 37.9 Å². The highest BCUT2D eigenvalue weighted by molar-refractivity contribution is 7.80. The first-order valence-corrected chi connectivity index (χ1v) is 9.84. The summed E-state index contributed by atoms with van der Waals surface area (Å²) < 4.78 is 11.9. The number of hydrogen-bond donors (Lipinski definition) is 3. The summed E-state index contributed by atoms with van der Waals surface area (Å²) >= 11 is 12.3. The Kier molecular flexibility index (Phi) is 13.5. The molecule has 0 saturated carbocycles. The molecule has 0 aromatic heterocycles. The Morgan fingerprint density at radius 2 is 0.571 bits per heavy atom. The first kappa shape index (κ1) is 23.9. The molecule has 0 amide bonds. The fourth-order valence-electron chi connectivity index (χ4n) is 1.70. The molecular weight excluding hydrogens is 403 g/mol. The first-order valence-electron chi connectivity index (χ1n) is 8.50. The Labute approximate surface area is 183 Å². The predicted molar refractivity (Wildman–Crippen MR) is 127 cm³/mol. The molecule has 0 bridgehead atoms. The summed E-state index contributed by atoms with van der Waals surface area (Å²) in [5.41, 5.74) is 0. The summed E-state index contributed by atoms with van der Waals surface area (Å²) in [6, 6.07) is 37.3. The van der Waals surface area contributed by atoms with Crippen LogP contribution in [0.4, 0.5) is 4.39 Å². The molecular formula is C24H23FS3. The predicted octanol–water partition coefficient (Wildman–Crippen LogP) is 7.75. The van der Waals surface area contributed by atoms with Crippen molar-refractivity contribution in [1.29, 1.82) is 0 Å². The number of thiol groups is 3. The summed E-state index contributed by atoms with van der Waals surface area (Å²) in [4.78, 5) is 3.05. The molecule has 0 atom stereocenters. The Hall–Kier alpha value is -2.14. The van der Waals surface area contributed by atoms with E-state index in [0.717, 1.165) is 14.7 Å². The minimum absolute atomic E-state index is 0.178. The molecule has 0 spiro atoms. The Morgan fingerprint density at radius 3 is 0.679 bits per heavy atom. The SMILES string of the molecule is Fc1ccccc1.Sc1ccccc1.Sc1ccccc1.Sc1ccccc1. The second-order valence-corrected chi connectivity index (χ2v) is 6.85. The van der Waals surface area contributed by atoms with Crippen LogP contribution in [0.1, 0.15) is 0 Å². The summed E-state index contributed by atoms with van der Waals surface area (Å²) in [5, 5.41) is 0. The lowest BCUT2D eigenvalue weighted by Crippen LogP contribution is -1.63. The standard InChI is InChI=1S/C6H5F.3C6H6S/c4*7-6-4-2-1-3-5-6/h1-5H;3*1-5,7H. The molecule has 0 aliphatic rings. The van der Waals surface area contributed by atoms with Crippen molar-refractivity contribution < 1.29 is 4.39 Å². The van der Waals surface area contributed by atoms with E-state index in [1.165, 1.54) is 12.1 Å². The van der Waals surface area contributed by atoms with E-state index < -0.39 is 0 Å². The zero-order valence-corrected chi connectivity index (χ0v) is 17.9. The van der Waals surface area contributed by atoms with Gasteiger partial charge in [-0.2, -0.15) is 0 Å². The molecule has 0 aliphatic heterocycles. The van der Waals surface area contributed by atoms with E-state index in [1.807, 2.05) is 91.0 Å². The van der Waals surface area contributed by atoms with Gasteiger partial charge in [-0.15, -0.1) is 37.9 Å². The molecule has 28 heavy (non-hydrogen) atoms. The zero-order valence-electron chi connectivity index (χ0n) is 15.3. The zero-order chi connectivity index (χ0) is 20.5. The molecule has 0 aliphatic carbocycles. The van der Waals surface area contributed by atoms with E-state index >= 15 is 0 Å². The lowest BCUT2D eigenvalue weighted by molar-refractivity contribution is 0.628. The van der Waals surface area contributed by atoms with Gasteiger partial charge in [0.1, 0.15) is 5.82 Å². The Balaban J connectivity index is 0.000000187. The molecule has 0 saturated heterocycles. The van der Waals surface area contributed by atoms with Gasteiger partial charge in [0.25, 0.3) is 0 Å². The molecule has 4 aromatic rings. The second kappa shape index (κ2) is 15.9. The summed E-state index contributed by atoms with van der Waals surface area (Å²) in [6.07, 6.45) is 0. The van der Waals surface area contributed by atoms with Crippen LogP contribution in [-0.2, 0) is 0 Å². The van der Waals surface area contributed by atoms with Crippen molar-refractivity contribution >= 4 is 37.9 Å². The van der Waals surface area contributed by atoms with Crippen LogP contribution in [-0.4, -0.2) is 0 Å². The maximum absolute atomic E-state index is 11.9. The average Bonchev–Trinajstić information content (AvgIpc) is 2.72. The number of halogens is 1. The van der Waals surface area contributed by atoms with Crippen LogP contribution in [0, 0.1) is 5.82 Å². The average molecular weight is 427 g/mol. The van der Waals surface area contributed by atoms with Crippen LogP contribution in [0.3, 0.4) is 0 Å². The van der Waals surface area contributed by atoms with E-state index in [9.17, 15) is 4.39 Å². The minimum atomic E-state index is -0.178. The van der Waals surface area contributed by atoms with Gasteiger partial charge in [0.15, 0.2) is 0 Å². The van der Waals surface area contributed by atoms with E-state index in [0.29, 0.717) is 0 Å². The van der Waals surface area contributed by atoms with Gasteiger partial charge < -0.3 is 0 Å². The third kappa shape index (κ3) is 14.0. The van der Waals surface area contributed by atoms with Crippen molar-refractivity contribution in [3.8, 4) is 0 Å². The van der Waals surface area contributed by atoms with E-state index in [-0.39, 0.29) is 5.82 Å². The monoisotopic (exact) mass is 426 g/mol. The molecule has 0 nitrogen and oxygen atoms in total. The quantitative estimate of drug-likeness (QED) is 0.235. The van der Waals surface area contributed by atoms with Gasteiger partial charge in [-0.1, -0.05) is 72.8 Å². The van der Waals surface area contributed by atoms with Gasteiger partial charge in [0, 0.05) is 14.7 Å². The van der Waals surface area contributed by atoms with Crippen molar-refractivity contribution in [2.75, 3.05) is 0 Å². The van der Waals surface area contributed by atoms with Crippen LogP contribution in [0.5, 0.6) is 0 Å². The van der Waals surface area contributed by atoms with Gasteiger partial charge in [0.2, 0.25) is 0 Å². The van der Waals surface area contributed by atoms with E-state index in [2.05, 4.69) is 37.9 Å². The first-order chi connectivity index (χ1) is 13.6. The summed E-state index contributed by atoms with van der Waals surface area (Å²) in [5.74, 6) is -0.178. The molecule has 0 unspecified atom stereocenters. The highest BCUT2D eigenvalue weighted by Crippen LogP contribution is 2.02. The topological polar surface area (TPSA) is 0 Å². The number of rotatable bonds is 0. The van der Waals surface area contributed by atoms with Crippen LogP contribution in [0.25, 0.3) is 0 Å². The van der Waals surface area contributed by atoms with Crippen LogP contribution in [0.15, 0.2) is 136 Å². The number of hydrogen-bond acceptors (Lipinski definition) is 3. The molecule has 144 valence electrons. The molecule has 0 fully saturated rings. The van der Waals surface area contributed by atoms with Gasteiger partial charge >= 0.3 is 0 Å². The van der Waals surface area contributed by atoms with Crippen LogP contribution < -0.4 is 0 Å². The highest BCUT2D eigenvalue weighted by Gasteiger charge is 1.77. The summed E-state index contributed by atoms with van der Waals surface area (Å²) in [7, 11) is 0. The lowest BCUT2D eigenvalue weighted by Gasteiger charge is -1.81. The fourth-order valence-corrected chi connectivity index (χ4v) is 2.22. The van der Waals surface area contributed by atoms with Gasteiger partial charge in [0.05, 0.1) is 0 Å². The van der Waals surface area contributed by atoms with Crippen LogP contribution in [0.2, 0.25) is 0 Å². The smallest absolute Gasteiger partial charge is 0.123 e.